The summed E-state index contributed by atoms with van der Waals surface area (Å²) in [5.41, 5.74) is 0.332. The topological polar surface area (TPSA) is 49.7 Å². The number of rotatable bonds is 3. The molecule has 92 valence electrons. The van der Waals surface area contributed by atoms with Gasteiger partial charge in [0.1, 0.15) is 5.75 Å². The van der Waals surface area contributed by atoms with E-state index < -0.39 is 12.9 Å². The summed E-state index contributed by atoms with van der Waals surface area (Å²) in [5, 5.41) is 18.1. The van der Waals surface area contributed by atoms with Crippen LogP contribution < -0.4 is 10.2 Å². The van der Waals surface area contributed by atoms with Crippen LogP contribution in [0.5, 0.6) is 11.5 Å². The maximum absolute atomic E-state index is 13.5. The summed E-state index contributed by atoms with van der Waals surface area (Å²) in [6.45, 7) is 0. The highest BCUT2D eigenvalue weighted by Crippen LogP contribution is 2.26. The molecule has 0 fully saturated rings. The van der Waals surface area contributed by atoms with Gasteiger partial charge in [-0.1, -0.05) is 23.7 Å². The quantitative estimate of drug-likeness (QED) is 0.835. The van der Waals surface area contributed by atoms with Gasteiger partial charge >= 0.3 is 7.12 Å². The molecule has 0 amide bonds. The molecule has 2 rings (SSSR count). The average Bonchev–Trinajstić information content (AvgIpc) is 2.33. The van der Waals surface area contributed by atoms with Crippen LogP contribution in [0.2, 0.25) is 5.02 Å². The highest BCUT2D eigenvalue weighted by atomic mass is 35.5. The van der Waals surface area contributed by atoms with Gasteiger partial charge in [-0.3, -0.25) is 0 Å². The summed E-state index contributed by atoms with van der Waals surface area (Å²) >= 11 is 5.62. The van der Waals surface area contributed by atoms with Gasteiger partial charge in [0, 0.05) is 5.02 Å². The van der Waals surface area contributed by atoms with E-state index >= 15 is 0 Å². The van der Waals surface area contributed by atoms with Crippen LogP contribution in [0.1, 0.15) is 0 Å². The molecule has 0 aliphatic rings. The molecule has 2 aromatic carbocycles. The zero-order valence-corrected chi connectivity index (χ0v) is 9.93. The summed E-state index contributed by atoms with van der Waals surface area (Å²) in [5.74, 6) is -0.119. The van der Waals surface area contributed by atoms with Crippen molar-refractivity contribution in [1.29, 1.82) is 0 Å². The Labute approximate surface area is 109 Å². The van der Waals surface area contributed by atoms with Crippen molar-refractivity contribution in [2.24, 2.45) is 0 Å². The van der Waals surface area contributed by atoms with Crippen LogP contribution in [0, 0.1) is 5.82 Å². The minimum atomic E-state index is -1.54. The Morgan fingerprint density at radius 2 is 1.72 bits per heavy atom. The fourth-order valence-corrected chi connectivity index (χ4v) is 1.55. The van der Waals surface area contributed by atoms with Gasteiger partial charge in [-0.05, 0) is 35.8 Å². The van der Waals surface area contributed by atoms with E-state index in [9.17, 15) is 4.39 Å². The van der Waals surface area contributed by atoms with Crippen molar-refractivity contribution in [2.45, 2.75) is 0 Å². The van der Waals surface area contributed by atoms with Crippen molar-refractivity contribution in [2.75, 3.05) is 0 Å². The summed E-state index contributed by atoms with van der Waals surface area (Å²) in [6, 6.07) is 10.1. The zero-order valence-electron chi connectivity index (χ0n) is 9.18. The van der Waals surface area contributed by atoms with Gasteiger partial charge in [-0.25, -0.2) is 4.39 Å². The molecular formula is C12H9BClFO3. The number of benzene rings is 2. The first kappa shape index (κ1) is 12.9. The van der Waals surface area contributed by atoms with Gasteiger partial charge in [-0.15, -0.1) is 0 Å². The van der Waals surface area contributed by atoms with E-state index in [2.05, 4.69) is 0 Å². The largest absolute Gasteiger partial charge is 0.488 e. The molecule has 0 unspecified atom stereocenters. The fraction of sp³-hybridized carbons (Fsp3) is 0. The third-order valence-corrected chi connectivity index (χ3v) is 2.54. The molecule has 0 atom stereocenters. The lowest BCUT2D eigenvalue weighted by atomic mass is 9.80. The summed E-state index contributed by atoms with van der Waals surface area (Å²) in [4.78, 5) is 0. The second kappa shape index (κ2) is 5.39. The summed E-state index contributed by atoms with van der Waals surface area (Å²) in [7, 11) is -1.54. The Balaban J connectivity index is 2.18. The average molecular weight is 266 g/mol. The molecule has 3 nitrogen and oxygen atoms in total. The van der Waals surface area contributed by atoms with Gasteiger partial charge in [0.05, 0.1) is 0 Å². The lowest BCUT2D eigenvalue weighted by Crippen LogP contribution is -2.29. The van der Waals surface area contributed by atoms with Gasteiger partial charge in [0.15, 0.2) is 11.6 Å². The molecule has 2 aromatic rings. The molecule has 0 aromatic heterocycles. The molecule has 0 spiro atoms. The third kappa shape index (κ3) is 3.01. The molecule has 0 saturated carbocycles. The standard InChI is InChI=1S/C12H9BClFO3/c14-9-3-6-12(11(15)7-9)18-10-4-1-8(2-5-10)13(16)17/h1-7,16-17H. The van der Waals surface area contributed by atoms with Crippen molar-refractivity contribution in [1.82, 2.24) is 0 Å². The van der Waals surface area contributed by atoms with Gasteiger partial charge < -0.3 is 14.8 Å². The van der Waals surface area contributed by atoms with Crippen molar-refractivity contribution in [3.8, 4) is 11.5 Å². The van der Waals surface area contributed by atoms with E-state index in [0.29, 0.717) is 16.2 Å². The molecule has 0 aliphatic carbocycles. The van der Waals surface area contributed by atoms with Gasteiger partial charge in [0.25, 0.3) is 0 Å². The lowest BCUT2D eigenvalue weighted by Gasteiger charge is -2.07. The van der Waals surface area contributed by atoms with E-state index in [1.807, 2.05) is 0 Å². The molecule has 0 saturated heterocycles. The Bertz CT molecular complexity index is 546. The van der Waals surface area contributed by atoms with Crippen LogP contribution in [0.25, 0.3) is 0 Å². The highest BCUT2D eigenvalue weighted by molar-refractivity contribution is 6.58. The summed E-state index contributed by atoms with van der Waals surface area (Å²) in [6.07, 6.45) is 0. The molecule has 2 N–H and O–H groups in total. The minimum Gasteiger partial charge on any atom is -0.454 e. The Morgan fingerprint density at radius 3 is 2.28 bits per heavy atom. The van der Waals surface area contributed by atoms with E-state index in [0.717, 1.165) is 6.07 Å². The maximum atomic E-state index is 13.5. The SMILES string of the molecule is OB(O)c1ccc(Oc2ccc(Cl)cc2F)cc1. The van der Waals surface area contributed by atoms with Crippen LogP contribution in [0.15, 0.2) is 42.5 Å². The molecule has 0 bridgehead atoms. The number of hydrogen-bond donors (Lipinski definition) is 2. The third-order valence-electron chi connectivity index (χ3n) is 2.30. The fourth-order valence-electron chi connectivity index (χ4n) is 1.39. The first-order chi connectivity index (χ1) is 8.56. The lowest BCUT2D eigenvalue weighted by molar-refractivity contribution is 0.425. The van der Waals surface area contributed by atoms with E-state index in [4.69, 9.17) is 26.4 Å². The smallest absolute Gasteiger partial charge is 0.454 e. The maximum Gasteiger partial charge on any atom is 0.488 e. The Hall–Kier alpha value is -1.56. The van der Waals surface area contributed by atoms with Crippen molar-refractivity contribution >= 4 is 24.2 Å². The van der Waals surface area contributed by atoms with Crippen LogP contribution in [0.4, 0.5) is 4.39 Å². The Morgan fingerprint density at radius 1 is 1.06 bits per heavy atom. The molecule has 18 heavy (non-hydrogen) atoms. The summed E-state index contributed by atoms with van der Waals surface area (Å²) < 4.78 is 18.8. The Kier molecular flexibility index (Phi) is 3.86. The number of ether oxygens (including phenoxy) is 1. The first-order valence-electron chi connectivity index (χ1n) is 5.15. The van der Waals surface area contributed by atoms with Crippen LogP contribution >= 0.6 is 11.6 Å². The zero-order chi connectivity index (χ0) is 13.1. The molecule has 0 radical (unpaired) electrons. The molecular weight excluding hydrogens is 257 g/mol. The van der Waals surface area contributed by atoms with Crippen LogP contribution in [-0.4, -0.2) is 17.2 Å². The predicted octanol–water partition coefficient (Wildman–Crippen LogP) is 1.95. The van der Waals surface area contributed by atoms with Crippen molar-refractivity contribution in [3.63, 3.8) is 0 Å². The normalized spacial score (nSPS) is 10.2. The predicted molar refractivity (Wildman–Crippen MR) is 67.8 cm³/mol. The van der Waals surface area contributed by atoms with Crippen molar-refractivity contribution < 1.29 is 19.2 Å². The number of halogens is 2. The molecule has 0 heterocycles. The number of hydrogen-bond acceptors (Lipinski definition) is 3. The molecule has 0 aliphatic heterocycles. The van der Waals surface area contributed by atoms with E-state index in [1.54, 1.807) is 0 Å². The first-order valence-corrected chi connectivity index (χ1v) is 5.53. The van der Waals surface area contributed by atoms with Crippen LogP contribution in [-0.2, 0) is 0 Å². The highest BCUT2D eigenvalue weighted by Gasteiger charge is 2.11. The van der Waals surface area contributed by atoms with E-state index in [1.165, 1.54) is 36.4 Å². The monoisotopic (exact) mass is 266 g/mol. The molecule has 6 heteroatoms. The van der Waals surface area contributed by atoms with Crippen LogP contribution in [0.3, 0.4) is 0 Å². The van der Waals surface area contributed by atoms with E-state index in [-0.39, 0.29) is 5.75 Å². The second-order valence-corrected chi connectivity index (χ2v) is 4.06. The minimum absolute atomic E-state index is 0.0525. The van der Waals surface area contributed by atoms with Gasteiger partial charge in [-0.2, -0.15) is 0 Å². The second-order valence-electron chi connectivity index (χ2n) is 3.62. The van der Waals surface area contributed by atoms with Crippen molar-refractivity contribution in [3.05, 3.63) is 53.3 Å². The van der Waals surface area contributed by atoms with Gasteiger partial charge in [0.2, 0.25) is 0 Å².